The van der Waals surface area contributed by atoms with Crippen molar-refractivity contribution in [3.05, 3.63) is 0 Å². The number of ether oxygens (including phenoxy) is 1. The number of fused-ring (bicyclic) bond motifs is 1. The average Bonchev–Trinajstić information content (AvgIpc) is 2.61. The molecule has 2 rings (SSSR count). The fourth-order valence-corrected chi connectivity index (χ4v) is 2.47. The van der Waals surface area contributed by atoms with Gasteiger partial charge in [0.05, 0.1) is 4.32 Å². The summed E-state index contributed by atoms with van der Waals surface area (Å²) in [5.74, 6) is -0.358. The molecular formula is C11H16BrNO3. The molecule has 2 aliphatic heterocycles. The molecule has 2 heterocycles. The Morgan fingerprint density at radius 1 is 1.50 bits per heavy atom. The molecule has 5 heteroatoms. The van der Waals surface area contributed by atoms with Gasteiger partial charge in [-0.2, -0.15) is 0 Å². The van der Waals surface area contributed by atoms with Crippen molar-refractivity contribution in [2.75, 3.05) is 6.54 Å². The number of esters is 1. The Labute approximate surface area is 103 Å². The van der Waals surface area contributed by atoms with Crippen molar-refractivity contribution in [3.8, 4) is 0 Å². The molecule has 16 heavy (non-hydrogen) atoms. The van der Waals surface area contributed by atoms with Gasteiger partial charge < -0.3 is 9.64 Å². The second-order valence-electron chi connectivity index (χ2n) is 5.08. The van der Waals surface area contributed by atoms with Crippen LogP contribution in [0.25, 0.3) is 0 Å². The molecule has 0 N–H and O–H groups in total. The lowest BCUT2D eigenvalue weighted by Gasteiger charge is -2.45. The van der Waals surface area contributed by atoms with Crippen LogP contribution in [0, 0.1) is 0 Å². The van der Waals surface area contributed by atoms with E-state index < -0.39 is 9.93 Å². The summed E-state index contributed by atoms with van der Waals surface area (Å²) < 4.78 is 4.82. The standard InChI is InChI=1S/C11H16BrNO3/c1-10(2,12)11(3)9(15)13-6-4-5-7(13)8(14)16-11/h7H,4-6H2,1-3H3/t7-,11-/m0/s1. The molecule has 2 fully saturated rings. The second-order valence-corrected chi connectivity index (χ2v) is 7.07. The van der Waals surface area contributed by atoms with Crippen LogP contribution in [-0.4, -0.2) is 39.3 Å². The van der Waals surface area contributed by atoms with E-state index in [4.69, 9.17) is 4.74 Å². The number of nitrogens with zero attached hydrogens (tertiary/aromatic N) is 1. The zero-order valence-electron chi connectivity index (χ0n) is 9.75. The third-order valence-corrected chi connectivity index (χ3v) is 4.39. The molecule has 0 saturated carbocycles. The lowest BCUT2D eigenvalue weighted by atomic mass is 9.88. The fraction of sp³-hybridized carbons (Fsp3) is 0.818. The summed E-state index contributed by atoms with van der Waals surface area (Å²) in [5.41, 5.74) is -1.11. The van der Waals surface area contributed by atoms with Crippen LogP contribution in [0.5, 0.6) is 0 Å². The number of hydrogen-bond acceptors (Lipinski definition) is 3. The van der Waals surface area contributed by atoms with Gasteiger partial charge in [-0.25, -0.2) is 4.79 Å². The van der Waals surface area contributed by atoms with Gasteiger partial charge in [-0.05, 0) is 33.6 Å². The van der Waals surface area contributed by atoms with Crippen LogP contribution in [0.3, 0.4) is 0 Å². The minimum Gasteiger partial charge on any atom is -0.446 e. The van der Waals surface area contributed by atoms with E-state index in [1.54, 1.807) is 11.8 Å². The molecule has 0 aromatic carbocycles. The number of halogens is 1. The Morgan fingerprint density at radius 2 is 2.12 bits per heavy atom. The van der Waals surface area contributed by atoms with Crippen molar-refractivity contribution in [3.63, 3.8) is 0 Å². The zero-order chi connectivity index (χ0) is 12.1. The molecule has 1 amide bonds. The van der Waals surface area contributed by atoms with Gasteiger partial charge in [-0.1, -0.05) is 15.9 Å². The van der Waals surface area contributed by atoms with Crippen molar-refractivity contribution in [1.82, 2.24) is 4.90 Å². The average molecular weight is 290 g/mol. The van der Waals surface area contributed by atoms with Crippen molar-refractivity contribution in [2.24, 2.45) is 0 Å². The molecule has 0 aromatic rings. The maximum atomic E-state index is 12.3. The van der Waals surface area contributed by atoms with Gasteiger partial charge in [0.2, 0.25) is 5.60 Å². The Balaban J connectivity index is 2.37. The second kappa shape index (κ2) is 3.45. The molecule has 2 aliphatic rings. The van der Waals surface area contributed by atoms with Crippen LogP contribution in [0.15, 0.2) is 0 Å². The van der Waals surface area contributed by atoms with Gasteiger partial charge in [-0.3, -0.25) is 4.79 Å². The van der Waals surface area contributed by atoms with Gasteiger partial charge >= 0.3 is 5.97 Å². The molecule has 2 saturated heterocycles. The highest BCUT2D eigenvalue weighted by atomic mass is 79.9. The molecule has 0 radical (unpaired) electrons. The highest BCUT2D eigenvalue weighted by molar-refractivity contribution is 9.10. The quantitative estimate of drug-likeness (QED) is 0.542. The molecule has 0 aliphatic carbocycles. The lowest BCUT2D eigenvalue weighted by molar-refractivity contribution is -0.191. The molecule has 0 aromatic heterocycles. The topological polar surface area (TPSA) is 46.6 Å². The van der Waals surface area contributed by atoms with Crippen LogP contribution >= 0.6 is 15.9 Å². The number of amides is 1. The number of morpholine rings is 1. The first-order valence-corrected chi connectivity index (χ1v) is 6.29. The van der Waals surface area contributed by atoms with Crippen molar-refractivity contribution >= 4 is 27.8 Å². The minimum absolute atomic E-state index is 0.0866. The van der Waals surface area contributed by atoms with E-state index in [-0.39, 0.29) is 17.9 Å². The molecule has 0 spiro atoms. The summed E-state index contributed by atoms with van der Waals surface area (Å²) in [4.78, 5) is 25.8. The third kappa shape index (κ3) is 1.48. The molecule has 0 bridgehead atoms. The van der Waals surface area contributed by atoms with Crippen LogP contribution in [0.2, 0.25) is 0 Å². The Morgan fingerprint density at radius 3 is 2.69 bits per heavy atom. The summed E-state index contributed by atoms with van der Waals surface area (Å²) in [5, 5.41) is 0. The molecule has 2 atom stereocenters. The number of rotatable bonds is 1. The van der Waals surface area contributed by atoms with Gasteiger partial charge in [-0.15, -0.1) is 0 Å². The molecular weight excluding hydrogens is 274 g/mol. The lowest BCUT2D eigenvalue weighted by Crippen LogP contribution is -2.65. The Bertz CT molecular complexity index is 350. The smallest absolute Gasteiger partial charge is 0.329 e. The van der Waals surface area contributed by atoms with E-state index >= 15 is 0 Å². The van der Waals surface area contributed by atoms with Gasteiger partial charge in [0.15, 0.2) is 0 Å². The number of carbonyl (C=O) groups excluding carboxylic acids is 2. The first-order chi connectivity index (χ1) is 7.27. The normalized spacial score (nSPS) is 35.0. The summed E-state index contributed by atoms with van der Waals surface area (Å²) >= 11 is 3.44. The predicted molar refractivity (Wildman–Crippen MR) is 62.2 cm³/mol. The zero-order valence-corrected chi connectivity index (χ0v) is 11.3. The Kier molecular flexibility index (Phi) is 2.57. The van der Waals surface area contributed by atoms with Gasteiger partial charge in [0, 0.05) is 6.54 Å². The maximum absolute atomic E-state index is 12.3. The van der Waals surface area contributed by atoms with Crippen LogP contribution in [0.1, 0.15) is 33.6 Å². The minimum atomic E-state index is -1.11. The van der Waals surface area contributed by atoms with E-state index in [1.807, 2.05) is 13.8 Å². The molecule has 0 unspecified atom stereocenters. The first kappa shape index (κ1) is 11.9. The molecule has 4 nitrogen and oxygen atoms in total. The monoisotopic (exact) mass is 289 g/mol. The predicted octanol–water partition coefficient (Wildman–Crippen LogP) is 1.47. The highest BCUT2D eigenvalue weighted by Crippen LogP contribution is 2.40. The van der Waals surface area contributed by atoms with Gasteiger partial charge in [0.1, 0.15) is 6.04 Å². The number of alkyl halides is 1. The van der Waals surface area contributed by atoms with Crippen LogP contribution in [0.4, 0.5) is 0 Å². The van der Waals surface area contributed by atoms with E-state index in [2.05, 4.69) is 15.9 Å². The van der Waals surface area contributed by atoms with Crippen LogP contribution < -0.4 is 0 Å². The SMILES string of the molecule is CC(C)(Br)[C@@]1(C)OC(=O)[C@@H]2CCCN2C1=O. The van der Waals surface area contributed by atoms with Crippen molar-refractivity contribution in [2.45, 2.75) is 49.6 Å². The first-order valence-electron chi connectivity index (χ1n) is 5.50. The fourth-order valence-electron chi connectivity index (χ4n) is 2.22. The van der Waals surface area contributed by atoms with E-state index in [0.29, 0.717) is 6.54 Å². The number of cyclic esters (lactones) is 1. The molecule has 90 valence electrons. The number of hydrogen-bond donors (Lipinski definition) is 0. The number of carbonyl (C=O) groups is 2. The maximum Gasteiger partial charge on any atom is 0.329 e. The van der Waals surface area contributed by atoms with E-state index in [9.17, 15) is 9.59 Å². The summed E-state index contributed by atoms with van der Waals surface area (Å²) in [6.07, 6.45) is 1.60. The summed E-state index contributed by atoms with van der Waals surface area (Å²) in [7, 11) is 0. The van der Waals surface area contributed by atoms with Crippen molar-refractivity contribution in [1.29, 1.82) is 0 Å². The van der Waals surface area contributed by atoms with Crippen LogP contribution in [-0.2, 0) is 14.3 Å². The highest BCUT2D eigenvalue weighted by Gasteiger charge is 2.58. The van der Waals surface area contributed by atoms with E-state index in [1.165, 1.54) is 0 Å². The van der Waals surface area contributed by atoms with Crippen molar-refractivity contribution < 1.29 is 14.3 Å². The largest absolute Gasteiger partial charge is 0.446 e. The van der Waals surface area contributed by atoms with E-state index in [0.717, 1.165) is 12.8 Å². The Hall–Kier alpha value is -0.580. The third-order valence-electron chi connectivity index (χ3n) is 3.63. The summed E-state index contributed by atoms with van der Waals surface area (Å²) in [6, 6.07) is -0.351. The van der Waals surface area contributed by atoms with Gasteiger partial charge in [0.25, 0.3) is 5.91 Å². The summed E-state index contributed by atoms with van der Waals surface area (Å²) in [6.45, 7) is 6.02.